The summed E-state index contributed by atoms with van der Waals surface area (Å²) in [6.45, 7) is 4.24. The molecule has 3 rings (SSSR count). The molecular weight excluding hydrogens is 376 g/mol. The number of sulfonamides is 1. The number of benzene rings is 2. The summed E-state index contributed by atoms with van der Waals surface area (Å²) in [6.07, 6.45) is 3.31. The number of carbonyl (C=O) groups is 1. The van der Waals surface area contributed by atoms with Crippen LogP contribution in [0.1, 0.15) is 31.4 Å². The van der Waals surface area contributed by atoms with Crippen LogP contribution in [-0.2, 0) is 27.7 Å². The zero-order chi connectivity index (χ0) is 20.1. The van der Waals surface area contributed by atoms with E-state index < -0.39 is 10.0 Å². The lowest BCUT2D eigenvalue weighted by molar-refractivity contribution is -0.118. The molecule has 28 heavy (non-hydrogen) atoms. The van der Waals surface area contributed by atoms with Crippen molar-refractivity contribution >= 4 is 21.6 Å². The number of hydrogen-bond donors (Lipinski definition) is 1. The topological polar surface area (TPSA) is 75.7 Å². The smallest absolute Gasteiger partial charge is 0.262 e. The van der Waals surface area contributed by atoms with Gasteiger partial charge in [-0.15, -0.1) is 0 Å². The van der Waals surface area contributed by atoms with Gasteiger partial charge in [-0.25, -0.2) is 8.42 Å². The molecule has 2 aromatic rings. The van der Waals surface area contributed by atoms with Crippen molar-refractivity contribution in [2.24, 2.45) is 0 Å². The van der Waals surface area contributed by atoms with Gasteiger partial charge in [-0.2, -0.15) is 4.31 Å². The Morgan fingerprint density at radius 1 is 1.07 bits per heavy atom. The molecule has 7 heteroatoms. The molecule has 6 nitrogen and oxygen atoms in total. The highest BCUT2D eigenvalue weighted by atomic mass is 32.2. The minimum absolute atomic E-state index is 0.133. The van der Waals surface area contributed by atoms with Crippen LogP contribution in [0.15, 0.2) is 47.4 Å². The Bertz CT molecular complexity index is 953. The van der Waals surface area contributed by atoms with E-state index in [-0.39, 0.29) is 17.4 Å². The molecule has 1 aliphatic carbocycles. The highest BCUT2D eigenvalue weighted by Gasteiger charge is 2.22. The van der Waals surface area contributed by atoms with Crippen molar-refractivity contribution in [2.45, 2.75) is 38.0 Å². The van der Waals surface area contributed by atoms with Crippen LogP contribution in [0.5, 0.6) is 5.75 Å². The molecule has 150 valence electrons. The lowest BCUT2D eigenvalue weighted by Crippen LogP contribution is -2.30. The van der Waals surface area contributed by atoms with Crippen LogP contribution in [0, 0.1) is 0 Å². The molecule has 1 N–H and O–H groups in total. The third-order valence-electron chi connectivity index (χ3n) is 4.90. The SMILES string of the molecule is CCN(CC)S(=O)(=O)c1cccc(NC(=O)COc2ccc3c(c2)CCC3)c1. The van der Waals surface area contributed by atoms with Gasteiger partial charge in [-0.05, 0) is 60.7 Å². The molecule has 0 radical (unpaired) electrons. The highest BCUT2D eigenvalue weighted by Crippen LogP contribution is 2.26. The summed E-state index contributed by atoms with van der Waals surface area (Å²) >= 11 is 0. The number of amides is 1. The number of nitrogens with one attached hydrogen (secondary N) is 1. The molecule has 0 saturated heterocycles. The van der Waals surface area contributed by atoms with Gasteiger partial charge in [-0.1, -0.05) is 26.0 Å². The van der Waals surface area contributed by atoms with Gasteiger partial charge in [0.25, 0.3) is 5.91 Å². The lowest BCUT2D eigenvalue weighted by atomic mass is 10.1. The normalized spacial score (nSPS) is 13.4. The maximum absolute atomic E-state index is 12.6. The maximum Gasteiger partial charge on any atom is 0.262 e. The Morgan fingerprint density at radius 3 is 2.57 bits per heavy atom. The molecule has 0 bridgehead atoms. The second-order valence-corrected chi connectivity index (χ2v) is 8.68. The molecular formula is C21H26N2O4S. The maximum atomic E-state index is 12.6. The number of carbonyl (C=O) groups excluding carboxylic acids is 1. The zero-order valence-electron chi connectivity index (χ0n) is 16.3. The van der Waals surface area contributed by atoms with Gasteiger partial charge in [0.1, 0.15) is 5.75 Å². The predicted octanol–water partition coefficient (Wildman–Crippen LogP) is 3.22. The summed E-state index contributed by atoms with van der Waals surface area (Å²) in [6, 6.07) is 12.2. The van der Waals surface area contributed by atoms with E-state index in [0.29, 0.717) is 24.5 Å². The van der Waals surface area contributed by atoms with Crippen molar-refractivity contribution < 1.29 is 17.9 Å². The largest absolute Gasteiger partial charge is 0.484 e. The number of rotatable bonds is 8. The van der Waals surface area contributed by atoms with Crippen molar-refractivity contribution in [3.8, 4) is 5.75 Å². The molecule has 0 fully saturated rings. The van der Waals surface area contributed by atoms with E-state index in [1.165, 1.54) is 27.6 Å². The monoisotopic (exact) mass is 402 g/mol. The van der Waals surface area contributed by atoms with Crippen molar-refractivity contribution in [3.05, 3.63) is 53.6 Å². The molecule has 2 aromatic carbocycles. The second kappa shape index (κ2) is 8.75. The van der Waals surface area contributed by atoms with Gasteiger partial charge in [0, 0.05) is 18.8 Å². The van der Waals surface area contributed by atoms with Gasteiger partial charge < -0.3 is 10.1 Å². The zero-order valence-corrected chi connectivity index (χ0v) is 17.1. The first kappa shape index (κ1) is 20.4. The molecule has 0 heterocycles. The Kier molecular flexibility index (Phi) is 6.36. The summed E-state index contributed by atoms with van der Waals surface area (Å²) in [5.41, 5.74) is 3.06. The molecule has 0 unspecified atom stereocenters. The quantitative estimate of drug-likeness (QED) is 0.736. The van der Waals surface area contributed by atoms with Crippen LogP contribution >= 0.6 is 0 Å². The van der Waals surface area contributed by atoms with Crippen LogP contribution in [-0.4, -0.2) is 38.3 Å². The van der Waals surface area contributed by atoms with Gasteiger partial charge in [0.05, 0.1) is 4.90 Å². The average Bonchev–Trinajstić information content (AvgIpc) is 3.15. The molecule has 0 saturated carbocycles. The summed E-state index contributed by atoms with van der Waals surface area (Å²) in [5, 5.41) is 2.71. The average molecular weight is 403 g/mol. The van der Waals surface area contributed by atoms with E-state index in [1.54, 1.807) is 26.0 Å². The van der Waals surface area contributed by atoms with Crippen LogP contribution in [0.2, 0.25) is 0 Å². The summed E-state index contributed by atoms with van der Waals surface area (Å²) < 4.78 is 32.2. The fourth-order valence-corrected chi connectivity index (χ4v) is 4.94. The third-order valence-corrected chi connectivity index (χ3v) is 6.95. The molecule has 0 aliphatic heterocycles. The van der Waals surface area contributed by atoms with E-state index >= 15 is 0 Å². The first-order valence-corrected chi connectivity index (χ1v) is 11.0. The van der Waals surface area contributed by atoms with Crippen molar-refractivity contribution in [2.75, 3.05) is 25.0 Å². The Labute approximate surface area is 166 Å². The van der Waals surface area contributed by atoms with Gasteiger partial charge in [-0.3, -0.25) is 4.79 Å². The Balaban J connectivity index is 1.63. The number of hydrogen-bond acceptors (Lipinski definition) is 4. The number of fused-ring (bicyclic) bond motifs is 1. The van der Waals surface area contributed by atoms with Crippen molar-refractivity contribution in [3.63, 3.8) is 0 Å². The Morgan fingerprint density at radius 2 is 1.82 bits per heavy atom. The fourth-order valence-electron chi connectivity index (χ4n) is 3.43. The van der Waals surface area contributed by atoms with Gasteiger partial charge in [0.2, 0.25) is 10.0 Å². The standard InChI is InChI=1S/C21H26N2O4S/c1-3-23(4-2)28(25,26)20-10-6-9-18(14-20)22-21(24)15-27-19-12-11-16-7-5-8-17(16)13-19/h6,9-14H,3-5,7-8,15H2,1-2H3,(H,22,24). The second-order valence-electron chi connectivity index (χ2n) is 6.74. The summed E-state index contributed by atoms with van der Waals surface area (Å²) in [5.74, 6) is 0.339. The summed E-state index contributed by atoms with van der Waals surface area (Å²) in [4.78, 5) is 12.4. The van der Waals surface area contributed by atoms with E-state index in [0.717, 1.165) is 19.3 Å². The summed E-state index contributed by atoms with van der Waals surface area (Å²) in [7, 11) is -3.57. The van der Waals surface area contributed by atoms with Crippen molar-refractivity contribution in [1.29, 1.82) is 0 Å². The van der Waals surface area contributed by atoms with E-state index in [2.05, 4.69) is 11.4 Å². The molecule has 1 aliphatic rings. The third kappa shape index (κ3) is 4.54. The minimum Gasteiger partial charge on any atom is -0.484 e. The molecule has 0 aromatic heterocycles. The van der Waals surface area contributed by atoms with Gasteiger partial charge >= 0.3 is 0 Å². The number of anilines is 1. The van der Waals surface area contributed by atoms with E-state index in [4.69, 9.17) is 4.74 Å². The molecule has 0 atom stereocenters. The molecule has 1 amide bonds. The first-order chi connectivity index (χ1) is 13.4. The Hall–Kier alpha value is -2.38. The minimum atomic E-state index is -3.57. The first-order valence-electron chi connectivity index (χ1n) is 9.58. The van der Waals surface area contributed by atoms with Crippen LogP contribution in [0.25, 0.3) is 0 Å². The highest BCUT2D eigenvalue weighted by molar-refractivity contribution is 7.89. The van der Waals surface area contributed by atoms with Crippen LogP contribution in [0.4, 0.5) is 5.69 Å². The van der Waals surface area contributed by atoms with Crippen LogP contribution < -0.4 is 10.1 Å². The van der Waals surface area contributed by atoms with E-state index in [9.17, 15) is 13.2 Å². The van der Waals surface area contributed by atoms with Crippen molar-refractivity contribution in [1.82, 2.24) is 4.31 Å². The van der Waals surface area contributed by atoms with Gasteiger partial charge in [0.15, 0.2) is 6.61 Å². The number of aryl methyl sites for hydroxylation is 2. The van der Waals surface area contributed by atoms with E-state index in [1.807, 2.05) is 12.1 Å². The lowest BCUT2D eigenvalue weighted by Gasteiger charge is -2.18. The molecule has 0 spiro atoms. The predicted molar refractivity (Wildman–Crippen MR) is 109 cm³/mol. The number of ether oxygens (including phenoxy) is 1. The van der Waals surface area contributed by atoms with Crippen LogP contribution in [0.3, 0.4) is 0 Å². The number of nitrogens with zero attached hydrogens (tertiary/aromatic N) is 1. The fraction of sp³-hybridized carbons (Fsp3) is 0.381.